The molecule has 5 nitrogen and oxygen atoms in total. The van der Waals surface area contributed by atoms with Crippen molar-refractivity contribution in [1.82, 2.24) is 0 Å². The van der Waals surface area contributed by atoms with Crippen LogP contribution in [0.25, 0.3) is 0 Å². The third-order valence-electron chi connectivity index (χ3n) is 3.46. The minimum absolute atomic E-state index is 0.00776. The fourth-order valence-corrected chi connectivity index (χ4v) is 2.48. The van der Waals surface area contributed by atoms with Gasteiger partial charge < -0.3 is 25.2 Å². The van der Waals surface area contributed by atoms with Crippen LogP contribution in [-0.4, -0.2) is 20.4 Å². The fraction of sp³-hybridized carbons (Fsp3) is 0.200. The Morgan fingerprint density at radius 2 is 1.65 bits per heavy atom. The summed E-state index contributed by atoms with van der Waals surface area (Å²) in [5.74, 6) is 0.289. The Hall–Kier alpha value is -2.56. The lowest BCUT2D eigenvalue weighted by atomic mass is 9.96. The Morgan fingerprint density at radius 3 is 2.40 bits per heavy atom. The predicted molar refractivity (Wildman–Crippen MR) is 71.2 cm³/mol. The number of hydrogen-bond donors (Lipinski definition) is 4. The molecule has 0 amide bonds. The molecule has 2 aromatic carbocycles. The highest BCUT2D eigenvalue weighted by Gasteiger charge is 2.26. The molecule has 1 atom stereocenters. The third kappa shape index (κ3) is 2.07. The zero-order chi connectivity index (χ0) is 14.3. The van der Waals surface area contributed by atoms with Gasteiger partial charge in [-0.2, -0.15) is 0 Å². The number of fused-ring (bicyclic) bond motifs is 1. The maximum atomic E-state index is 9.86. The fourth-order valence-electron chi connectivity index (χ4n) is 2.48. The van der Waals surface area contributed by atoms with E-state index < -0.39 is 0 Å². The first-order valence-electron chi connectivity index (χ1n) is 6.28. The Labute approximate surface area is 115 Å². The highest BCUT2D eigenvalue weighted by atomic mass is 16.5. The van der Waals surface area contributed by atoms with Gasteiger partial charge in [-0.15, -0.1) is 0 Å². The second-order valence-corrected chi connectivity index (χ2v) is 4.83. The molecule has 2 aromatic rings. The predicted octanol–water partition coefficient (Wildman–Crippen LogP) is 2.58. The van der Waals surface area contributed by atoms with Gasteiger partial charge in [-0.3, -0.25) is 0 Å². The van der Waals surface area contributed by atoms with Crippen LogP contribution in [0.4, 0.5) is 0 Å². The first kappa shape index (κ1) is 12.5. The molecule has 0 radical (unpaired) electrons. The average Bonchev–Trinajstić information content (AvgIpc) is 2.37. The largest absolute Gasteiger partial charge is 0.508 e. The van der Waals surface area contributed by atoms with E-state index in [9.17, 15) is 20.4 Å². The van der Waals surface area contributed by atoms with Gasteiger partial charge in [0.2, 0.25) is 0 Å². The summed E-state index contributed by atoms with van der Waals surface area (Å²) in [6.07, 6.45) is 0.778. The molecule has 104 valence electrons. The second-order valence-electron chi connectivity index (χ2n) is 4.83. The van der Waals surface area contributed by atoms with E-state index >= 15 is 0 Å². The van der Waals surface area contributed by atoms with Crippen molar-refractivity contribution in [2.75, 3.05) is 0 Å². The minimum Gasteiger partial charge on any atom is -0.508 e. The van der Waals surface area contributed by atoms with E-state index in [2.05, 4.69) is 0 Å². The number of hydrogen-bond acceptors (Lipinski definition) is 5. The molecule has 0 saturated carbocycles. The molecule has 0 bridgehead atoms. The molecule has 0 aromatic heterocycles. The SMILES string of the molecule is Oc1ccc(C2CCc3c(O)cc(O)cc3O2)c(O)c1. The lowest BCUT2D eigenvalue weighted by Crippen LogP contribution is -2.15. The summed E-state index contributed by atoms with van der Waals surface area (Å²) >= 11 is 0. The van der Waals surface area contributed by atoms with E-state index in [0.29, 0.717) is 29.7 Å². The van der Waals surface area contributed by atoms with Gasteiger partial charge in [0.25, 0.3) is 0 Å². The minimum atomic E-state index is -0.385. The number of phenols is 4. The molecular formula is C15H14O5. The van der Waals surface area contributed by atoms with Crippen LogP contribution in [0.5, 0.6) is 28.7 Å². The lowest BCUT2D eigenvalue weighted by molar-refractivity contribution is 0.170. The monoisotopic (exact) mass is 274 g/mol. The van der Waals surface area contributed by atoms with E-state index in [1.54, 1.807) is 6.07 Å². The van der Waals surface area contributed by atoms with Crippen LogP contribution in [0.1, 0.15) is 23.7 Å². The van der Waals surface area contributed by atoms with Crippen LogP contribution in [0.2, 0.25) is 0 Å². The standard InChI is InChI=1S/C15H14O5/c16-8-1-2-10(12(18)5-8)14-4-3-11-13(19)6-9(17)7-15(11)20-14/h1-2,5-7,14,16-19H,3-4H2. The number of phenolic OH excluding ortho intramolecular Hbond substituents is 4. The average molecular weight is 274 g/mol. The second kappa shape index (κ2) is 4.52. The van der Waals surface area contributed by atoms with Crippen molar-refractivity contribution < 1.29 is 25.2 Å². The summed E-state index contributed by atoms with van der Waals surface area (Å²) in [5.41, 5.74) is 1.22. The van der Waals surface area contributed by atoms with Crippen LogP contribution in [0, 0.1) is 0 Å². The Kier molecular flexibility index (Phi) is 2.82. The summed E-state index contributed by atoms with van der Waals surface area (Å²) < 4.78 is 5.74. The number of aromatic hydroxyl groups is 4. The summed E-state index contributed by atoms with van der Waals surface area (Å²) in [4.78, 5) is 0. The summed E-state index contributed by atoms with van der Waals surface area (Å²) in [7, 11) is 0. The molecule has 20 heavy (non-hydrogen) atoms. The van der Waals surface area contributed by atoms with E-state index in [4.69, 9.17) is 4.74 Å². The molecule has 1 heterocycles. The van der Waals surface area contributed by atoms with Crippen molar-refractivity contribution >= 4 is 0 Å². The van der Waals surface area contributed by atoms with E-state index in [1.165, 1.54) is 24.3 Å². The topological polar surface area (TPSA) is 90.2 Å². The number of rotatable bonds is 1. The van der Waals surface area contributed by atoms with Gasteiger partial charge in [-0.05, 0) is 25.0 Å². The first-order valence-corrected chi connectivity index (χ1v) is 6.28. The highest BCUT2D eigenvalue weighted by Crippen LogP contribution is 2.43. The molecule has 0 fully saturated rings. The van der Waals surface area contributed by atoms with E-state index in [1.807, 2.05) is 0 Å². The highest BCUT2D eigenvalue weighted by molar-refractivity contribution is 5.51. The summed E-state index contributed by atoms with van der Waals surface area (Å²) in [6.45, 7) is 0. The van der Waals surface area contributed by atoms with Crippen molar-refractivity contribution in [3.05, 3.63) is 41.5 Å². The van der Waals surface area contributed by atoms with Gasteiger partial charge in [0.15, 0.2) is 0 Å². The van der Waals surface area contributed by atoms with Crippen LogP contribution in [-0.2, 0) is 6.42 Å². The van der Waals surface area contributed by atoms with Crippen molar-refractivity contribution in [2.45, 2.75) is 18.9 Å². The van der Waals surface area contributed by atoms with Crippen LogP contribution >= 0.6 is 0 Å². The Balaban J connectivity index is 1.96. The third-order valence-corrected chi connectivity index (χ3v) is 3.46. The smallest absolute Gasteiger partial charge is 0.130 e. The van der Waals surface area contributed by atoms with Crippen molar-refractivity contribution in [1.29, 1.82) is 0 Å². The van der Waals surface area contributed by atoms with Crippen molar-refractivity contribution in [3.63, 3.8) is 0 Å². The van der Waals surface area contributed by atoms with Crippen molar-refractivity contribution in [2.24, 2.45) is 0 Å². The summed E-state index contributed by atoms with van der Waals surface area (Å²) in [5, 5.41) is 38.4. The van der Waals surface area contributed by atoms with Crippen LogP contribution < -0.4 is 4.74 Å². The van der Waals surface area contributed by atoms with Gasteiger partial charge in [-0.1, -0.05) is 0 Å². The molecule has 5 heteroatoms. The van der Waals surface area contributed by atoms with Crippen molar-refractivity contribution in [3.8, 4) is 28.7 Å². The summed E-state index contributed by atoms with van der Waals surface area (Å²) in [6, 6.07) is 7.06. The first-order chi connectivity index (χ1) is 9.54. The molecule has 0 saturated heterocycles. The van der Waals surface area contributed by atoms with E-state index in [0.717, 1.165) is 0 Å². The van der Waals surface area contributed by atoms with Gasteiger partial charge in [0.05, 0.1) is 0 Å². The van der Waals surface area contributed by atoms with Gasteiger partial charge in [0, 0.05) is 29.3 Å². The quantitative estimate of drug-likeness (QED) is 0.641. The molecule has 1 unspecified atom stereocenters. The number of benzene rings is 2. The zero-order valence-electron chi connectivity index (χ0n) is 10.6. The molecule has 0 aliphatic carbocycles. The molecular weight excluding hydrogens is 260 g/mol. The molecule has 1 aliphatic rings. The number of ether oxygens (including phenoxy) is 1. The Morgan fingerprint density at radius 1 is 0.900 bits per heavy atom. The van der Waals surface area contributed by atoms with Gasteiger partial charge in [0.1, 0.15) is 34.9 Å². The molecule has 3 rings (SSSR count). The maximum absolute atomic E-state index is 9.86. The van der Waals surface area contributed by atoms with Gasteiger partial charge >= 0.3 is 0 Å². The van der Waals surface area contributed by atoms with Crippen LogP contribution in [0.3, 0.4) is 0 Å². The Bertz CT molecular complexity index is 666. The van der Waals surface area contributed by atoms with E-state index in [-0.39, 0.29) is 29.1 Å². The zero-order valence-corrected chi connectivity index (χ0v) is 10.6. The van der Waals surface area contributed by atoms with Gasteiger partial charge in [-0.25, -0.2) is 0 Å². The molecule has 4 N–H and O–H groups in total. The normalized spacial score (nSPS) is 17.3. The van der Waals surface area contributed by atoms with Crippen LogP contribution in [0.15, 0.2) is 30.3 Å². The molecule has 1 aliphatic heterocycles. The molecule has 0 spiro atoms. The lowest BCUT2D eigenvalue weighted by Gasteiger charge is -2.27. The maximum Gasteiger partial charge on any atom is 0.130 e.